The fourth-order valence-electron chi connectivity index (χ4n) is 4.95. The molecule has 1 atom stereocenters. The molecule has 0 saturated carbocycles. The third kappa shape index (κ3) is 2.64. The molecule has 1 aliphatic heterocycles. The zero-order valence-electron chi connectivity index (χ0n) is 15.6. The van der Waals surface area contributed by atoms with Crippen molar-refractivity contribution in [2.75, 3.05) is 13.1 Å². The Morgan fingerprint density at radius 3 is 2.75 bits per heavy atom. The summed E-state index contributed by atoms with van der Waals surface area (Å²) in [6.45, 7) is 2.24. The van der Waals surface area contributed by atoms with Crippen LogP contribution in [0.15, 0.2) is 53.5 Å². The average molecular weight is 377 g/mol. The van der Waals surface area contributed by atoms with Crippen molar-refractivity contribution in [1.82, 2.24) is 14.3 Å². The predicted molar refractivity (Wildman–Crippen MR) is 105 cm³/mol. The van der Waals surface area contributed by atoms with Gasteiger partial charge in [0.1, 0.15) is 0 Å². The van der Waals surface area contributed by atoms with E-state index in [2.05, 4.69) is 28.1 Å². The van der Waals surface area contributed by atoms with E-state index in [1.165, 1.54) is 27.7 Å². The van der Waals surface area contributed by atoms with E-state index < -0.39 is 0 Å². The maximum Gasteiger partial charge on any atom is 0.258 e. The quantitative estimate of drug-likeness (QED) is 0.713. The molecule has 1 aromatic carbocycles. The summed E-state index contributed by atoms with van der Waals surface area (Å²) in [5.41, 5.74) is 3.18. The Morgan fingerprint density at radius 1 is 1.14 bits per heavy atom. The summed E-state index contributed by atoms with van der Waals surface area (Å²) in [6, 6.07) is 13.1. The molecular weight excluding hydrogens is 354 g/mol. The summed E-state index contributed by atoms with van der Waals surface area (Å²) in [5.74, 6) is 0.00438. The van der Waals surface area contributed by atoms with E-state index in [9.17, 15) is 15.0 Å². The maximum absolute atomic E-state index is 12.3. The first-order valence-corrected chi connectivity index (χ1v) is 9.76. The van der Waals surface area contributed by atoms with Crippen LogP contribution in [-0.2, 0) is 18.4 Å². The van der Waals surface area contributed by atoms with Crippen molar-refractivity contribution in [2.45, 2.75) is 37.3 Å². The van der Waals surface area contributed by atoms with E-state index in [-0.39, 0.29) is 22.8 Å². The number of aromatic hydroxyl groups is 1. The van der Waals surface area contributed by atoms with E-state index in [1.807, 2.05) is 6.07 Å². The van der Waals surface area contributed by atoms with Crippen molar-refractivity contribution in [1.29, 1.82) is 0 Å². The number of rotatable bonds is 2. The van der Waals surface area contributed by atoms with E-state index in [1.54, 1.807) is 12.3 Å². The number of piperidine rings is 1. The molecule has 2 N–H and O–H groups in total. The third-order valence-corrected chi connectivity index (χ3v) is 6.46. The molecule has 6 nitrogen and oxygen atoms in total. The highest BCUT2D eigenvalue weighted by atomic mass is 16.3. The van der Waals surface area contributed by atoms with E-state index >= 15 is 0 Å². The van der Waals surface area contributed by atoms with Crippen LogP contribution in [-0.4, -0.2) is 43.7 Å². The number of aliphatic hydroxyl groups is 1. The summed E-state index contributed by atoms with van der Waals surface area (Å²) in [5, 5.41) is 20.8. The van der Waals surface area contributed by atoms with E-state index in [0.717, 1.165) is 32.4 Å². The molecule has 1 aliphatic carbocycles. The topological polar surface area (TPSA) is 78.1 Å². The highest BCUT2D eigenvalue weighted by molar-refractivity contribution is 5.52. The van der Waals surface area contributed by atoms with Crippen molar-refractivity contribution < 1.29 is 10.2 Å². The minimum Gasteiger partial charge on any atom is -0.504 e. The van der Waals surface area contributed by atoms with Crippen molar-refractivity contribution in [3.05, 3.63) is 75.8 Å². The summed E-state index contributed by atoms with van der Waals surface area (Å²) in [4.78, 5) is 19.1. The van der Waals surface area contributed by atoms with Gasteiger partial charge in [-0.2, -0.15) is 0 Å². The Labute approximate surface area is 162 Å². The van der Waals surface area contributed by atoms with Crippen molar-refractivity contribution in [3.8, 4) is 5.75 Å². The molecule has 3 aromatic rings. The minimum atomic E-state index is -0.326. The predicted octanol–water partition coefficient (Wildman–Crippen LogP) is 1.85. The first-order chi connectivity index (χ1) is 13.6. The molecule has 28 heavy (non-hydrogen) atoms. The van der Waals surface area contributed by atoms with Crippen LogP contribution in [0.25, 0.3) is 5.65 Å². The van der Waals surface area contributed by atoms with Crippen LogP contribution >= 0.6 is 0 Å². The van der Waals surface area contributed by atoms with Gasteiger partial charge >= 0.3 is 0 Å². The monoisotopic (exact) mass is 377 g/mol. The molecule has 1 spiro atoms. The number of hydrogen-bond acceptors (Lipinski definition) is 5. The van der Waals surface area contributed by atoms with Crippen LogP contribution in [0.5, 0.6) is 5.75 Å². The molecule has 0 bridgehead atoms. The molecular formula is C22H23N3O3. The van der Waals surface area contributed by atoms with E-state index in [0.29, 0.717) is 17.9 Å². The Bertz CT molecular complexity index is 1100. The lowest BCUT2D eigenvalue weighted by Crippen LogP contribution is -2.47. The van der Waals surface area contributed by atoms with Gasteiger partial charge in [-0.25, -0.2) is 4.98 Å². The maximum atomic E-state index is 12.3. The number of aromatic nitrogens is 2. The second kappa shape index (κ2) is 6.43. The van der Waals surface area contributed by atoms with Crippen LogP contribution in [0.3, 0.4) is 0 Å². The van der Waals surface area contributed by atoms with Gasteiger partial charge in [0.25, 0.3) is 5.56 Å². The lowest BCUT2D eigenvalue weighted by molar-refractivity contribution is 0.0410. The van der Waals surface area contributed by atoms with Crippen LogP contribution in [0.1, 0.15) is 29.7 Å². The molecule has 0 amide bonds. The second-order valence-corrected chi connectivity index (χ2v) is 7.98. The number of pyridine rings is 1. The number of fused-ring (bicyclic) bond motifs is 3. The summed E-state index contributed by atoms with van der Waals surface area (Å²) in [6.07, 6.45) is 3.80. The molecule has 1 unspecified atom stereocenters. The van der Waals surface area contributed by atoms with E-state index in [4.69, 9.17) is 0 Å². The van der Waals surface area contributed by atoms with Gasteiger partial charge in [0.15, 0.2) is 11.4 Å². The number of hydrogen-bond donors (Lipinski definition) is 2. The molecule has 6 heteroatoms. The molecule has 0 radical (unpaired) electrons. The second-order valence-electron chi connectivity index (χ2n) is 7.98. The highest BCUT2D eigenvalue weighted by Gasteiger charge is 2.47. The zero-order valence-corrected chi connectivity index (χ0v) is 15.6. The Kier molecular flexibility index (Phi) is 4.00. The van der Waals surface area contributed by atoms with Gasteiger partial charge in [0.05, 0.1) is 11.8 Å². The molecule has 144 valence electrons. The lowest BCUT2D eigenvalue weighted by Gasteiger charge is -2.42. The number of likely N-dealkylation sites (tertiary alicyclic amines) is 1. The summed E-state index contributed by atoms with van der Waals surface area (Å²) < 4.78 is 1.36. The Morgan fingerprint density at radius 2 is 1.93 bits per heavy atom. The molecule has 2 aliphatic rings. The Hall–Kier alpha value is -2.70. The standard InChI is InChI=1S/C22H23N3O3/c26-18-6-3-9-25-20(28)13-16(23-21(18)25)14-24-10-7-22(8-11-24)17-5-2-1-4-15(17)12-19(22)27/h1-6,9,13,19,26-27H,7-8,10-12,14H2. The van der Waals surface area contributed by atoms with Crippen molar-refractivity contribution >= 4 is 5.65 Å². The Balaban J connectivity index is 1.37. The van der Waals surface area contributed by atoms with Crippen LogP contribution in [0, 0.1) is 0 Å². The lowest BCUT2D eigenvalue weighted by atomic mass is 9.72. The van der Waals surface area contributed by atoms with Gasteiger partial charge < -0.3 is 10.2 Å². The fourth-order valence-corrected chi connectivity index (χ4v) is 4.95. The smallest absolute Gasteiger partial charge is 0.258 e. The summed E-state index contributed by atoms with van der Waals surface area (Å²) in [7, 11) is 0. The van der Waals surface area contributed by atoms with Gasteiger partial charge in [0.2, 0.25) is 0 Å². The zero-order chi connectivity index (χ0) is 19.3. The SMILES string of the molecule is O=c1cc(CN2CCC3(CC2)c2ccccc2CC3O)nc2c(O)cccn12. The normalized spacial score (nSPS) is 21.2. The fraction of sp³-hybridized carbons (Fsp3) is 0.364. The average Bonchev–Trinajstić information content (AvgIpc) is 2.96. The first kappa shape index (κ1) is 17.4. The number of aliphatic hydroxyl groups excluding tert-OH is 1. The third-order valence-electron chi connectivity index (χ3n) is 6.46. The minimum absolute atomic E-state index is 0.00438. The van der Waals surface area contributed by atoms with Gasteiger partial charge in [-0.15, -0.1) is 0 Å². The molecule has 5 rings (SSSR count). The molecule has 3 heterocycles. The van der Waals surface area contributed by atoms with Gasteiger partial charge in [-0.3, -0.25) is 14.1 Å². The highest BCUT2D eigenvalue weighted by Crippen LogP contribution is 2.46. The molecule has 1 fully saturated rings. The van der Waals surface area contributed by atoms with Gasteiger partial charge in [-0.05, 0) is 55.6 Å². The van der Waals surface area contributed by atoms with Crippen molar-refractivity contribution in [2.24, 2.45) is 0 Å². The molecule has 1 saturated heterocycles. The van der Waals surface area contributed by atoms with Gasteiger partial charge in [-0.1, -0.05) is 24.3 Å². The summed E-state index contributed by atoms with van der Waals surface area (Å²) >= 11 is 0. The number of benzene rings is 1. The van der Waals surface area contributed by atoms with Crippen LogP contribution < -0.4 is 5.56 Å². The largest absolute Gasteiger partial charge is 0.504 e. The van der Waals surface area contributed by atoms with Crippen molar-refractivity contribution in [3.63, 3.8) is 0 Å². The molecule has 2 aromatic heterocycles. The van der Waals surface area contributed by atoms with Crippen LogP contribution in [0.4, 0.5) is 0 Å². The first-order valence-electron chi connectivity index (χ1n) is 9.76. The van der Waals surface area contributed by atoms with Gasteiger partial charge in [0, 0.05) is 24.2 Å². The van der Waals surface area contributed by atoms with Crippen LogP contribution in [0.2, 0.25) is 0 Å². The number of nitrogens with zero attached hydrogens (tertiary/aromatic N) is 3.